The summed E-state index contributed by atoms with van der Waals surface area (Å²) in [6, 6.07) is 5.40. The van der Waals surface area contributed by atoms with Crippen LogP contribution in [0.2, 0.25) is 5.02 Å². The van der Waals surface area contributed by atoms with E-state index >= 15 is 0 Å². The van der Waals surface area contributed by atoms with Crippen molar-refractivity contribution in [2.75, 3.05) is 11.5 Å². The highest BCUT2D eigenvalue weighted by molar-refractivity contribution is 14.1. The van der Waals surface area contributed by atoms with Crippen LogP contribution < -0.4 is 5.32 Å². The Morgan fingerprint density at radius 2 is 2.06 bits per heavy atom. The smallest absolute Gasteiger partial charge is 0.252 e. The third-order valence-electron chi connectivity index (χ3n) is 2.90. The van der Waals surface area contributed by atoms with Gasteiger partial charge in [-0.05, 0) is 53.6 Å². The molecule has 0 spiro atoms. The maximum atomic E-state index is 12.1. The SMILES string of the molecule is O=C(NC1CCS(=O)CC1)c1cc(Cl)ccc1I. The van der Waals surface area contributed by atoms with Gasteiger partial charge in [-0.2, -0.15) is 0 Å². The Labute approximate surface area is 127 Å². The molecule has 1 aromatic rings. The molecule has 1 aliphatic heterocycles. The fourth-order valence-corrected chi connectivity index (χ4v) is 3.92. The number of benzene rings is 1. The monoisotopic (exact) mass is 397 g/mol. The van der Waals surface area contributed by atoms with Gasteiger partial charge in [-0.3, -0.25) is 9.00 Å². The summed E-state index contributed by atoms with van der Waals surface area (Å²) in [7, 11) is -0.702. The highest BCUT2D eigenvalue weighted by Gasteiger charge is 2.21. The molecule has 1 saturated heterocycles. The summed E-state index contributed by atoms with van der Waals surface area (Å²) < 4.78 is 12.1. The van der Waals surface area contributed by atoms with Crippen LogP contribution >= 0.6 is 34.2 Å². The van der Waals surface area contributed by atoms with Crippen molar-refractivity contribution in [2.45, 2.75) is 18.9 Å². The van der Waals surface area contributed by atoms with E-state index in [4.69, 9.17) is 11.6 Å². The number of halogens is 2. The van der Waals surface area contributed by atoms with Crippen LogP contribution in [0.4, 0.5) is 0 Å². The highest BCUT2D eigenvalue weighted by atomic mass is 127. The molecular weight excluding hydrogens is 385 g/mol. The lowest BCUT2D eigenvalue weighted by Gasteiger charge is -2.22. The number of carbonyl (C=O) groups is 1. The Bertz CT molecular complexity index is 485. The van der Waals surface area contributed by atoms with Gasteiger partial charge in [0.2, 0.25) is 0 Å². The van der Waals surface area contributed by atoms with Crippen LogP contribution in [-0.4, -0.2) is 27.7 Å². The third-order valence-corrected chi connectivity index (χ3v) is 5.45. The summed E-state index contributed by atoms with van der Waals surface area (Å²) in [4.78, 5) is 12.1. The van der Waals surface area contributed by atoms with E-state index in [9.17, 15) is 9.00 Å². The zero-order valence-corrected chi connectivity index (χ0v) is 13.3. The number of amides is 1. The average Bonchev–Trinajstić information content (AvgIpc) is 2.35. The first-order valence-electron chi connectivity index (χ1n) is 5.67. The van der Waals surface area contributed by atoms with Crippen molar-refractivity contribution in [2.24, 2.45) is 0 Å². The van der Waals surface area contributed by atoms with Crippen LogP contribution in [0.15, 0.2) is 18.2 Å². The minimum absolute atomic E-state index is 0.0976. The van der Waals surface area contributed by atoms with Crippen LogP contribution in [0.1, 0.15) is 23.2 Å². The van der Waals surface area contributed by atoms with E-state index in [1.807, 2.05) is 6.07 Å². The van der Waals surface area contributed by atoms with Crippen molar-refractivity contribution in [1.29, 1.82) is 0 Å². The van der Waals surface area contributed by atoms with Crippen LogP contribution in [0.5, 0.6) is 0 Å². The Kier molecular flexibility index (Phi) is 5.03. The van der Waals surface area contributed by atoms with Crippen LogP contribution in [0, 0.1) is 3.57 Å². The van der Waals surface area contributed by atoms with Crippen molar-refractivity contribution in [3.63, 3.8) is 0 Å². The first kappa shape index (κ1) is 14.3. The van der Waals surface area contributed by atoms with Crippen LogP contribution in [0.25, 0.3) is 0 Å². The quantitative estimate of drug-likeness (QED) is 0.780. The standard InChI is InChI=1S/C12H13ClINO2S/c13-8-1-2-11(14)10(7-8)12(16)15-9-3-5-18(17)6-4-9/h1-2,7,9H,3-6H2,(H,15,16). The Hall–Kier alpha value is -0.140. The van der Waals surface area contributed by atoms with Crippen molar-refractivity contribution >= 4 is 50.9 Å². The molecule has 0 atom stereocenters. The Morgan fingerprint density at radius 3 is 2.72 bits per heavy atom. The number of carbonyl (C=O) groups excluding carboxylic acids is 1. The molecular formula is C12H13ClINO2S. The first-order valence-corrected chi connectivity index (χ1v) is 8.61. The molecule has 1 N–H and O–H groups in total. The molecule has 1 aliphatic rings. The Morgan fingerprint density at radius 1 is 1.39 bits per heavy atom. The summed E-state index contributed by atoms with van der Waals surface area (Å²) in [5, 5.41) is 3.55. The third kappa shape index (κ3) is 3.68. The van der Waals surface area contributed by atoms with E-state index in [1.54, 1.807) is 12.1 Å². The van der Waals surface area contributed by atoms with Gasteiger partial charge in [-0.1, -0.05) is 11.6 Å². The predicted octanol–water partition coefficient (Wildman–Crippen LogP) is 2.59. The fraction of sp³-hybridized carbons (Fsp3) is 0.417. The van der Waals surface area contributed by atoms with Crippen molar-refractivity contribution in [1.82, 2.24) is 5.32 Å². The van der Waals surface area contributed by atoms with Crippen molar-refractivity contribution in [3.8, 4) is 0 Å². The maximum Gasteiger partial charge on any atom is 0.252 e. The van der Waals surface area contributed by atoms with Gasteiger partial charge in [0.1, 0.15) is 0 Å². The molecule has 18 heavy (non-hydrogen) atoms. The van der Waals surface area contributed by atoms with Gasteiger partial charge < -0.3 is 5.32 Å². The summed E-state index contributed by atoms with van der Waals surface area (Å²) in [5.41, 5.74) is 0.606. The second-order valence-corrected chi connectivity index (χ2v) is 7.51. The van der Waals surface area contributed by atoms with Gasteiger partial charge in [-0.25, -0.2) is 0 Å². The molecule has 0 saturated carbocycles. The molecule has 6 heteroatoms. The zero-order chi connectivity index (χ0) is 13.1. The first-order chi connectivity index (χ1) is 8.56. The lowest BCUT2D eigenvalue weighted by atomic mass is 10.1. The van der Waals surface area contributed by atoms with Crippen LogP contribution in [-0.2, 0) is 10.8 Å². The Balaban J connectivity index is 2.03. The minimum atomic E-state index is -0.702. The lowest BCUT2D eigenvalue weighted by Crippen LogP contribution is -2.39. The molecule has 0 bridgehead atoms. The molecule has 0 aliphatic carbocycles. The van der Waals surface area contributed by atoms with Gasteiger partial charge in [0.15, 0.2) is 0 Å². The molecule has 98 valence electrons. The van der Waals surface area contributed by atoms with Crippen LogP contribution in [0.3, 0.4) is 0 Å². The molecule has 1 aromatic carbocycles. The molecule has 0 radical (unpaired) electrons. The molecule has 0 aromatic heterocycles. The number of hydrogen-bond acceptors (Lipinski definition) is 2. The number of nitrogens with one attached hydrogen (secondary N) is 1. The maximum absolute atomic E-state index is 12.1. The number of rotatable bonds is 2. The highest BCUT2D eigenvalue weighted by Crippen LogP contribution is 2.18. The minimum Gasteiger partial charge on any atom is -0.349 e. The van der Waals surface area contributed by atoms with Gasteiger partial charge in [0.05, 0.1) is 5.56 Å². The summed E-state index contributed by atoms with van der Waals surface area (Å²) in [6.07, 6.45) is 1.57. The van der Waals surface area contributed by atoms with E-state index in [2.05, 4.69) is 27.9 Å². The average molecular weight is 398 g/mol. The van der Waals surface area contributed by atoms with E-state index in [0.717, 1.165) is 16.4 Å². The molecule has 2 rings (SSSR count). The molecule has 1 fully saturated rings. The van der Waals surface area contributed by atoms with Gasteiger partial charge in [0, 0.05) is 36.9 Å². The topological polar surface area (TPSA) is 46.2 Å². The predicted molar refractivity (Wildman–Crippen MR) is 82.5 cm³/mol. The van der Waals surface area contributed by atoms with Crippen molar-refractivity contribution < 1.29 is 9.00 Å². The van der Waals surface area contributed by atoms with E-state index in [-0.39, 0.29) is 11.9 Å². The molecule has 0 unspecified atom stereocenters. The van der Waals surface area contributed by atoms with E-state index < -0.39 is 10.8 Å². The second-order valence-electron chi connectivity index (χ2n) is 4.22. The summed E-state index contributed by atoms with van der Waals surface area (Å²) >= 11 is 8.02. The van der Waals surface area contributed by atoms with Crippen molar-refractivity contribution in [3.05, 3.63) is 32.4 Å². The second kappa shape index (κ2) is 6.34. The molecule has 1 heterocycles. The summed E-state index contributed by atoms with van der Waals surface area (Å²) in [5.74, 6) is 1.26. The van der Waals surface area contributed by atoms with E-state index in [1.165, 1.54) is 0 Å². The van der Waals surface area contributed by atoms with E-state index in [0.29, 0.717) is 22.1 Å². The van der Waals surface area contributed by atoms with Gasteiger partial charge in [-0.15, -0.1) is 0 Å². The van der Waals surface area contributed by atoms with Gasteiger partial charge >= 0.3 is 0 Å². The normalized spacial score (nSPS) is 23.7. The number of hydrogen-bond donors (Lipinski definition) is 1. The fourth-order valence-electron chi connectivity index (χ4n) is 1.87. The van der Waals surface area contributed by atoms with Gasteiger partial charge in [0.25, 0.3) is 5.91 Å². The summed E-state index contributed by atoms with van der Waals surface area (Å²) in [6.45, 7) is 0. The molecule has 3 nitrogen and oxygen atoms in total. The zero-order valence-electron chi connectivity index (χ0n) is 9.62. The largest absolute Gasteiger partial charge is 0.349 e. The lowest BCUT2D eigenvalue weighted by molar-refractivity contribution is 0.0933. The molecule has 1 amide bonds.